The number of methoxy groups -OCH3 is 1. The van der Waals surface area contributed by atoms with Gasteiger partial charge in [0.1, 0.15) is 0 Å². The average molecular weight is 344 g/mol. The monoisotopic (exact) mass is 343 g/mol. The van der Waals surface area contributed by atoms with Crippen molar-refractivity contribution in [1.29, 1.82) is 0 Å². The second kappa shape index (κ2) is 11.9. The highest BCUT2D eigenvalue weighted by atomic mass is 35.5. The fourth-order valence-corrected chi connectivity index (χ4v) is 1.92. The number of benzene rings is 1. The molecular weight excluding hydrogens is 318 g/mol. The molecule has 23 heavy (non-hydrogen) atoms. The van der Waals surface area contributed by atoms with Crippen LogP contribution in [0.3, 0.4) is 0 Å². The van der Waals surface area contributed by atoms with Crippen molar-refractivity contribution in [2.24, 2.45) is 0 Å². The zero-order chi connectivity index (χ0) is 16.4. The minimum absolute atomic E-state index is 0. The number of carbonyl (C=O) groups excluding carboxylic acids is 2. The number of hydrogen-bond acceptors (Lipinski definition) is 4. The summed E-state index contributed by atoms with van der Waals surface area (Å²) >= 11 is 0. The quantitative estimate of drug-likeness (QED) is 0.601. The lowest BCUT2D eigenvalue weighted by molar-refractivity contribution is -0.116. The van der Waals surface area contributed by atoms with Crippen LogP contribution in [0.2, 0.25) is 0 Å². The maximum Gasteiger partial charge on any atom is 0.238 e. The van der Waals surface area contributed by atoms with E-state index in [1.54, 1.807) is 7.11 Å². The number of ether oxygens (including phenoxy) is 1. The Morgan fingerprint density at radius 3 is 2.30 bits per heavy atom. The number of nitrogens with one attached hydrogen (secondary N) is 3. The summed E-state index contributed by atoms with van der Waals surface area (Å²) in [7, 11) is 1.61. The van der Waals surface area contributed by atoms with Crippen molar-refractivity contribution >= 4 is 35.6 Å². The Morgan fingerprint density at radius 2 is 1.74 bits per heavy atom. The van der Waals surface area contributed by atoms with Gasteiger partial charge in [0.05, 0.1) is 13.2 Å². The molecule has 6 nitrogen and oxygen atoms in total. The first-order chi connectivity index (χ1) is 10.6. The number of carbonyl (C=O) groups is 2. The Bertz CT molecular complexity index is 509. The van der Waals surface area contributed by atoms with Crippen LogP contribution >= 0.6 is 12.4 Å². The fourth-order valence-electron chi connectivity index (χ4n) is 1.92. The van der Waals surface area contributed by atoms with Gasteiger partial charge in [-0.05, 0) is 31.0 Å². The molecule has 0 bridgehead atoms. The van der Waals surface area contributed by atoms with E-state index in [0.717, 1.165) is 17.7 Å². The molecule has 0 fully saturated rings. The van der Waals surface area contributed by atoms with E-state index in [9.17, 15) is 9.59 Å². The van der Waals surface area contributed by atoms with Gasteiger partial charge in [-0.15, -0.1) is 12.4 Å². The van der Waals surface area contributed by atoms with Crippen LogP contribution in [-0.4, -0.2) is 38.6 Å². The first-order valence-corrected chi connectivity index (χ1v) is 7.47. The average Bonchev–Trinajstić information content (AvgIpc) is 2.48. The first-order valence-electron chi connectivity index (χ1n) is 7.47. The van der Waals surface area contributed by atoms with Crippen LogP contribution < -0.4 is 16.0 Å². The number of anilines is 2. The molecule has 0 spiro atoms. The number of halogens is 1. The van der Waals surface area contributed by atoms with Gasteiger partial charge in [0.25, 0.3) is 0 Å². The van der Waals surface area contributed by atoms with E-state index in [-0.39, 0.29) is 30.8 Å². The van der Waals surface area contributed by atoms with E-state index in [4.69, 9.17) is 4.74 Å². The highest BCUT2D eigenvalue weighted by Gasteiger charge is 2.09. The second-order valence-corrected chi connectivity index (χ2v) is 4.99. The summed E-state index contributed by atoms with van der Waals surface area (Å²) in [5.74, 6) is -0.147. The molecule has 2 amide bonds. The third-order valence-electron chi connectivity index (χ3n) is 3.13. The van der Waals surface area contributed by atoms with Crippen LogP contribution in [0, 0.1) is 6.92 Å². The van der Waals surface area contributed by atoms with Crippen molar-refractivity contribution in [2.45, 2.75) is 26.7 Å². The first kappa shape index (κ1) is 21.4. The highest BCUT2D eigenvalue weighted by Crippen LogP contribution is 2.23. The number of amides is 2. The van der Waals surface area contributed by atoms with Crippen molar-refractivity contribution < 1.29 is 14.3 Å². The minimum Gasteiger partial charge on any atom is -0.383 e. The summed E-state index contributed by atoms with van der Waals surface area (Å²) in [6.07, 6.45) is 1.29. The fraction of sp³-hybridized carbons (Fsp3) is 0.500. The maximum absolute atomic E-state index is 11.9. The van der Waals surface area contributed by atoms with Crippen LogP contribution in [0.4, 0.5) is 11.4 Å². The second-order valence-electron chi connectivity index (χ2n) is 4.99. The van der Waals surface area contributed by atoms with Crippen molar-refractivity contribution in [3.05, 3.63) is 23.8 Å². The summed E-state index contributed by atoms with van der Waals surface area (Å²) in [5, 5.41) is 8.68. The molecule has 0 aliphatic heterocycles. The Morgan fingerprint density at radius 1 is 1.13 bits per heavy atom. The lowest BCUT2D eigenvalue weighted by atomic mass is 10.1. The van der Waals surface area contributed by atoms with Gasteiger partial charge in [-0.1, -0.05) is 13.0 Å². The predicted molar refractivity (Wildman–Crippen MR) is 95.3 cm³/mol. The molecule has 3 N–H and O–H groups in total. The summed E-state index contributed by atoms with van der Waals surface area (Å²) < 4.78 is 4.90. The zero-order valence-corrected chi connectivity index (χ0v) is 14.7. The zero-order valence-electron chi connectivity index (χ0n) is 13.9. The molecule has 0 saturated carbocycles. The molecule has 0 aliphatic carbocycles. The Kier molecular flexibility index (Phi) is 11.0. The molecule has 0 radical (unpaired) electrons. The van der Waals surface area contributed by atoms with Gasteiger partial charge in [0, 0.05) is 31.5 Å². The topological polar surface area (TPSA) is 79.5 Å². The summed E-state index contributed by atoms with van der Waals surface area (Å²) in [6.45, 7) is 5.23. The van der Waals surface area contributed by atoms with Crippen LogP contribution in [0.5, 0.6) is 0 Å². The van der Waals surface area contributed by atoms with Crippen LogP contribution in [0.25, 0.3) is 0 Å². The summed E-state index contributed by atoms with van der Waals surface area (Å²) in [5.41, 5.74) is 2.27. The van der Waals surface area contributed by atoms with Crippen molar-refractivity contribution in [3.8, 4) is 0 Å². The van der Waals surface area contributed by atoms with Crippen LogP contribution in [-0.2, 0) is 14.3 Å². The minimum atomic E-state index is -0.128. The molecule has 0 atom stereocenters. The Hall–Kier alpha value is -1.63. The maximum atomic E-state index is 11.9. The molecule has 0 unspecified atom stereocenters. The number of hydrogen-bond donors (Lipinski definition) is 3. The van der Waals surface area contributed by atoms with Gasteiger partial charge in [-0.25, -0.2) is 0 Å². The van der Waals surface area contributed by atoms with Gasteiger partial charge in [0.2, 0.25) is 11.8 Å². The molecule has 130 valence electrons. The smallest absolute Gasteiger partial charge is 0.238 e. The normalized spacial score (nSPS) is 9.87. The van der Waals surface area contributed by atoms with Crippen molar-refractivity contribution in [2.75, 3.05) is 37.4 Å². The molecule has 1 aromatic rings. The van der Waals surface area contributed by atoms with Crippen molar-refractivity contribution in [3.63, 3.8) is 0 Å². The Balaban J connectivity index is 0.00000484. The molecule has 0 heterocycles. The lowest BCUT2D eigenvalue weighted by Gasteiger charge is -2.13. The van der Waals surface area contributed by atoms with E-state index < -0.39 is 0 Å². The van der Waals surface area contributed by atoms with Gasteiger partial charge >= 0.3 is 0 Å². The SMILES string of the molecule is CCCC(=O)Nc1cccc(NC(=O)CNCCOC)c1C.Cl. The van der Waals surface area contributed by atoms with Gasteiger partial charge in [0.15, 0.2) is 0 Å². The molecule has 1 rings (SSSR count). The van der Waals surface area contributed by atoms with Crippen LogP contribution in [0.1, 0.15) is 25.3 Å². The molecule has 0 aliphatic rings. The van der Waals surface area contributed by atoms with E-state index >= 15 is 0 Å². The molecule has 0 saturated heterocycles. The summed E-state index contributed by atoms with van der Waals surface area (Å²) in [4.78, 5) is 23.5. The number of rotatable bonds is 9. The van der Waals surface area contributed by atoms with Crippen molar-refractivity contribution in [1.82, 2.24) is 5.32 Å². The van der Waals surface area contributed by atoms with E-state index in [0.29, 0.717) is 25.3 Å². The van der Waals surface area contributed by atoms with Gasteiger partial charge < -0.3 is 20.7 Å². The van der Waals surface area contributed by atoms with Gasteiger partial charge in [-0.2, -0.15) is 0 Å². The molecule has 7 heteroatoms. The van der Waals surface area contributed by atoms with E-state index in [2.05, 4.69) is 16.0 Å². The highest BCUT2D eigenvalue weighted by molar-refractivity contribution is 5.96. The molecular formula is C16H26ClN3O3. The van der Waals surface area contributed by atoms with Crippen LogP contribution in [0.15, 0.2) is 18.2 Å². The standard InChI is InChI=1S/C16H25N3O3.ClH/c1-4-6-15(20)18-13-7-5-8-14(12(13)2)19-16(21)11-17-9-10-22-3;/h5,7-8,17H,4,6,9-11H2,1-3H3,(H,18,20)(H,19,21);1H. The third kappa shape index (κ3) is 7.97. The summed E-state index contributed by atoms with van der Waals surface area (Å²) in [6, 6.07) is 5.45. The van der Waals surface area contributed by atoms with E-state index in [1.807, 2.05) is 32.0 Å². The predicted octanol–water partition coefficient (Wildman–Crippen LogP) is 2.33. The largest absolute Gasteiger partial charge is 0.383 e. The Labute approximate surface area is 143 Å². The van der Waals surface area contributed by atoms with Gasteiger partial charge in [-0.3, -0.25) is 9.59 Å². The van der Waals surface area contributed by atoms with E-state index in [1.165, 1.54) is 0 Å². The molecule has 0 aromatic heterocycles. The molecule has 1 aromatic carbocycles. The lowest BCUT2D eigenvalue weighted by Crippen LogP contribution is -2.30. The third-order valence-corrected chi connectivity index (χ3v) is 3.13.